The highest BCUT2D eigenvalue weighted by Crippen LogP contribution is 2.45. The molecule has 3 heteroatoms. The highest BCUT2D eigenvalue weighted by atomic mass is 28.1. The van der Waals surface area contributed by atoms with Gasteiger partial charge in [-0.2, -0.15) is 0 Å². The van der Waals surface area contributed by atoms with Crippen molar-refractivity contribution in [3.63, 3.8) is 0 Å². The fourth-order valence-corrected chi connectivity index (χ4v) is 3.29. The topological polar surface area (TPSA) is 18.5 Å². The first kappa shape index (κ1) is 12.3. The lowest BCUT2D eigenvalue weighted by Gasteiger charge is -2.27. The van der Waals surface area contributed by atoms with E-state index in [2.05, 4.69) is 22.4 Å². The van der Waals surface area contributed by atoms with Crippen LogP contribution in [0.15, 0.2) is 12.2 Å². The zero-order chi connectivity index (χ0) is 11.6. The minimum Gasteiger partial charge on any atom is -0.358 e. The fourth-order valence-electron chi connectivity index (χ4n) is 3.11. The van der Waals surface area contributed by atoms with Crippen LogP contribution in [0.5, 0.6) is 0 Å². The summed E-state index contributed by atoms with van der Waals surface area (Å²) in [5.41, 5.74) is -0.576. The molecule has 0 N–H and O–H groups in total. The largest absolute Gasteiger partial charge is 0.358 e. The maximum absolute atomic E-state index is 5.29. The average Bonchev–Trinajstić information content (AvgIpc) is 2.91. The summed E-state index contributed by atoms with van der Waals surface area (Å²) in [5, 5.41) is 0. The third-order valence-electron chi connectivity index (χ3n) is 4.16. The predicted octanol–water partition coefficient (Wildman–Crippen LogP) is 2.48. The summed E-state index contributed by atoms with van der Waals surface area (Å²) in [4.78, 5) is 0. The SMILES string of the molecule is COC([Si])(CCCC1CC2C=CC1C2)OC. The Labute approximate surface area is 102 Å². The fraction of sp³-hybridized carbons (Fsp3) is 0.846. The monoisotopic (exact) mass is 237 g/mol. The highest BCUT2D eigenvalue weighted by Gasteiger charge is 2.35. The zero-order valence-corrected chi connectivity index (χ0v) is 11.2. The molecule has 3 radical (unpaired) electrons. The van der Waals surface area contributed by atoms with Crippen LogP contribution in [0.3, 0.4) is 0 Å². The van der Waals surface area contributed by atoms with E-state index in [1.807, 2.05) is 0 Å². The van der Waals surface area contributed by atoms with Crippen molar-refractivity contribution in [1.82, 2.24) is 0 Å². The molecule has 1 fully saturated rings. The number of rotatable bonds is 6. The van der Waals surface area contributed by atoms with Gasteiger partial charge in [0, 0.05) is 14.2 Å². The Morgan fingerprint density at radius 1 is 1.25 bits per heavy atom. The van der Waals surface area contributed by atoms with Gasteiger partial charge in [-0.05, 0) is 49.9 Å². The van der Waals surface area contributed by atoms with Crippen LogP contribution in [-0.4, -0.2) is 29.9 Å². The van der Waals surface area contributed by atoms with Gasteiger partial charge in [0.2, 0.25) is 0 Å². The molecule has 0 amide bonds. The minimum atomic E-state index is -0.576. The maximum atomic E-state index is 5.29. The van der Waals surface area contributed by atoms with Crippen LogP contribution in [0.4, 0.5) is 0 Å². The molecule has 16 heavy (non-hydrogen) atoms. The molecule has 0 aliphatic heterocycles. The number of fused-ring (bicyclic) bond motifs is 2. The molecule has 0 aromatic carbocycles. The van der Waals surface area contributed by atoms with Crippen LogP contribution in [0.2, 0.25) is 0 Å². The Balaban J connectivity index is 1.71. The van der Waals surface area contributed by atoms with Gasteiger partial charge >= 0.3 is 0 Å². The number of ether oxygens (including phenoxy) is 2. The first-order chi connectivity index (χ1) is 7.67. The second-order valence-electron chi connectivity index (χ2n) is 5.09. The lowest BCUT2D eigenvalue weighted by Crippen LogP contribution is -2.34. The Kier molecular flexibility index (Phi) is 3.87. The molecule has 2 aliphatic carbocycles. The van der Waals surface area contributed by atoms with E-state index in [-0.39, 0.29) is 0 Å². The van der Waals surface area contributed by atoms with Crippen LogP contribution in [0.25, 0.3) is 0 Å². The lowest BCUT2D eigenvalue weighted by atomic mass is 9.89. The summed E-state index contributed by atoms with van der Waals surface area (Å²) in [6.45, 7) is 0. The molecule has 0 aromatic heterocycles. The van der Waals surface area contributed by atoms with E-state index in [0.29, 0.717) is 0 Å². The van der Waals surface area contributed by atoms with Crippen molar-refractivity contribution in [1.29, 1.82) is 0 Å². The second kappa shape index (κ2) is 5.03. The van der Waals surface area contributed by atoms with Gasteiger partial charge in [0.1, 0.15) is 15.7 Å². The zero-order valence-electron chi connectivity index (χ0n) is 10.2. The molecule has 0 saturated heterocycles. The van der Waals surface area contributed by atoms with E-state index < -0.39 is 5.41 Å². The van der Waals surface area contributed by atoms with Gasteiger partial charge in [0.25, 0.3) is 0 Å². The third kappa shape index (κ3) is 2.58. The van der Waals surface area contributed by atoms with E-state index in [1.165, 1.54) is 19.3 Å². The van der Waals surface area contributed by atoms with Gasteiger partial charge in [0.15, 0.2) is 0 Å². The summed E-state index contributed by atoms with van der Waals surface area (Å²) in [7, 11) is 6.88. The van der Waals surface area contributed by atoms with Gasteiger partial charge in [-0.3, -0.25) is 0 Å². The van der Waals surface area contributed by atoms with E-state index >= 15 is 0 Å². The van der Waals surface area contributed by atoms with Gasteiger partial charge in [0.05, 0.1) is 0 Å². The van der Waals surface area contributed by atoms with Crippen LogP contribution >= 0.6 is 0 Å². The van der Waals surface area contributed by atoms with E-state index in [9.17, 15) is 0 Å². The van der Waals surface area contributed by atoms with Crippen LogP contribution in [0, 0.1) is 17.8 Å². The molecular formula is C13H21O2Si. The lowest BCUT2D eigenvalue weighted by molar-refractivity contribution is -0.147. The molecule has 0 aromatic rings. The first-order valence-electron chi connectivity index (χ1n) is 6.20. The molecule has 2 aliphatic rings. The van der Waals surface area contributed by atoms with Gasteiger partial charge in [-0.1, -0.05) is 12.2 Å². The summed E-state index contributed by atoms with van der Waals surface area (Å²) in [5.74, 6) is 2.65. The molecule has 0 spiro atoms. The van der Waals surface area contributed by atoms with Crippen molar-refractivity contribution in [2.24, 2.45) is 17.8 Å². The molecular weight excluding hydrogens is 216 g/mol. The van der Waals surface area contributed by atoms with Crippen molar-refractivity contribution in [2.75, 3.05) is 14.2 Å². The van der Waals surface area contributed by atoms with E-state index in [0.717, 1.165) is 30.6 Å². The Hall–Kier alpha value is -0.123. The average molecular weight is 237 g/mol. The Bertz CT molecular complexity index is 261. The van der Waals surface area contributed by atoms with Gasteiger partial charge < -0.3 is 9.47 Å². The molecule has 2 nitrogen and oxygen atoms in total. The van der Waals surface area contributed by atoms with Crippen LogP contribution in [0.1, 0.15) is 32.1 Å². The second-order valence-corrected chi connectivity index (χ2v) is 5.86. The summed E-state index contributed by atoms with van der Waals surface area (Å²) < 4.78 is 10.6. The molecule has 2 bridgehead atoms. The van der Waals surface area contributed by atoms with Crippen molar-refractivity contribution >= 4 is 10.2 Å². The Morgan fingerprint density at radius 2 is 2.00 bits per heavy atom. The molecule has 2 rings (SSSR count). The maximum Gasteiger partial charge on any atom is 0.143 e. The third-order valence-corrected chi connectivity index (χ3v) is 4.81. The normalized spacial score (nSPS) is 32.6. The van der Waals surface area contributed by atoms with Crippen molar-refractivity contribution in [3.05, 3.63) is 12.2 Å². The van der Waals surface area contributed by atoms with E-state index in [1.54, 1.807) is 14.2 Å². The minimum absolute atomic E-state index is 0.576. The molecule has 3 unspecified atom stereocenters. The quantitative estimate of drug-likeness (QED) is 0.401. The highest BCUT2D eigenvalue weighted by molar-refractivity contribution is 6.13. The molecule has 3 atom stereocenters. The number of hydrogen-bond donors (Lipinski definition) is 0. The number of methoxy groups -OCH3 is 2. The smallest absolute Gasteiger partial charge is 0.143 e. The van der Waals surface area contributed by atoms with Crippen LogP contribution in [-0.2, 0) is 9.47 Å². The Morgan fingerprint density at radius 3 is 2.50 bits per heavy atom. The van der Waals surface area contributed by atoms with Gasteiger partial charge in [-0.25, -0.2) is 0 Å². The van der Waals surface area contributed by atoms with E-state index in [4.69, 9.17) is 9.47 Å². The van der Waals surface area contributed by atoms with Crippen molar-refractivity contribution < 1.29 is 9.47 Å². The van der Waals surface area contributed by atoms with Gasteiger partial charge in [-0.15, -0.1) is 0 Å². The molecule has 1 saturated carbocycles. The van der Waals surface area contributed by atoms with Crippen molar-refractivity contribution in [2.45, 2.75) is 37.5 Å². The number of allylic oxidation sites excluding steroid dienone is 2. The summed E-state index contributed by atoms with van der Waals surface area (Å²) in [6.07, 6.45) is 11.0. The summed E-state index contributed by atoms with van der Waals surface area (Å²) in [6, 6.07) is 0. The predicted molar refractivity (Wildman–Crippen MR) is 65.2 cm³/mol. The summed E-state index contributed by atoms with van der Waals surface area (Å²) >= 11 is 0. The molecule has 0 heterocycles. The first-order valence-corrected chi connectivity index (χ1v) is 6.70. The molecule has 89 valence electrons. The standard InChI is InChI=1S/C13H21O2Si/c1-14-13(16,15-2)7-3-4-11-8-10-5-6-12(11)9-10/h5-6,10-12H,3-4,7-9H2,1-2H3. The van der Waals surface area contributed by atoms with Crippen molar-refractivity contribution in [3.8, 4) is 0 Å². The van der Waals surface area contributed by atoms with Crippen LogP contribution < -0.4 is 0 Å². The number of hydrogen-bond acceptors (Lipinski definition) is 2.